The Bertz CT molecular complexity index is 1030. The first-order valence-corrected chi connectivity index (χ1v) is 12.2. The number of nitrogens with zero attached hydrogens (tertiary/aromatic N) is 1. The van der Waals surface area contributed by atoms with Crippen LogP contribution in [0.2, 0.25) is 0 Å². The van der Waals surface area contributed by atoms with Crippen LogP contribution in [0.25, 0.3) is 0 Å². The molecule has 0 bridgehead atoms. The average molecular weight is 453 g/mol. The zero-order valence-electron chi connectivity index (χ0n) is 17.5. The molecule has 1 saturated heterocycles. The lowest BCUT2D eigenvalue weighted by molar-refractivity contribution is -0.137. The van der Waals surface area contributed by atoms with Gasteiger partial charge in [-0.25, -0.2) is 8.42 Å². The second kappa shape index (κ2) is 8.47. The fraction of sp³-hybridized carbons (Fsp3) is 0.478. The average Bonchev–Trinajstić information content (AvgIpc) is 2.72. The number of piperidine rings is 1. The van der Waals surface area contributed by atoms with E-state index in [2.05, 4.69) is 16.5 Å². The smallest absolute Gasteiger partial charge is 0.300 e. The van der Waals surface area contributed by atoms with Crippen molar-refractivity contribution >= 4 is 15.7 Å². The highest BCUT2D eigenvalue weighted by Crippen LogP contribution is 2.36. The van der Waals surface area contributed by atoms with Crippen LogP contribution in [0.4, 0.5) is 18.9 Å². The number of likely N-dealkylation sites (tertiary alicyclic amines) is 1. The Morgan fingerprint density at radius 1 is 1.06 bits per heavy atom. The van der Waals surface area contributed by atoms with E-state index in [0.717, 1.165) is 62.2 Å². The zero-order valence-corrected chi connectivity index (χ0v) is 18.3. The van der Waals surface area contributed by atoms with Crippen molar-refractivity contribution < 1.29 is 21.6 Å². The maximum atomic E-state index is 12.7. The summed E-state index contributed by atoms with van der Waals surface area (Å²) in [6.07, 6.45) is 0.920. The number of nitrogens with one attached hydrogen (secondary N) is 1. The first kappa shape index (κ1) is 22.1. The molecule has 0 unspecified atom stereocenters. The van der Waals surface area contributed by atoms with Crippen LogP contribution in [0.1, 0.15) is 42.9 Å². The van der Waals surface area contributed by atoms with Gasteiger partial charge in [-0.1, -0.05) is 13.0 Å². The number of fused-ring (bicyclic) bond motifs is 2. The zero-order chi connectivity index (χ0) is 22.2. The van der Waals surface area contributed by atoms with Gasteiger partial charge in [-0.05, 0) is 98.6 Å². The summed E-state index contributed by atoms with van der Waals surface area (Å²) >= 11 is 0. The van der Waals surface area contributed by atoms with E-state index >= 15 is 0 Å². The molecule has 1 heterocycles. The maximum absolute atomic E-state index is 12.7. The van der Waals surface area contributed by atoms with Crippen LogP contribution in [-0.2, 0) is 29.0 Å². The Balaban J connectivity index is 1.52. The van der Waals surface area contributed by atoms with Crippen LogP contribution in [0, 0.1) is 5.92 Å². The Labute approximate surface area is 181 Å². The lowest BCUT2D eigenvalue weighted by atomic mass is 9.75. The second-order valence-corrected chi connectivity index (χ2v) is 10.2. The predicted octanol–water partition coefficient (Wildman–Crippen LogP) is 5.10. The van der Waals surface area contributed by atoms with Gasteiger partial charge in [-0.2, -0.15) is 13.2 Å². The molecule has 0 radical (unpaired) electrons. The summed E-state index contributed by atoms with van der Waals surface area (Å²) in [4.78, 5) is 2.40. The first-order valence-electron chi connectivity index (χ1n) is 10.7. The highest BCUT2D eigenvalue weighted by molar-refractivity contribution is 7.92. The summed E-state index contributed by atoms with van der Waals surface area (Å²) in [6.45, 7) is 4.46. The van der Waals surface area contributed by atoms with Crippen LogP contribution in [0.5, 0.6) is 0 Å². The minimum atomic E-state index is -4.50. The predicted molar refractivity (Wildman–Crippen MR) is 114 cm³/mol. The molecule has 0 amide bonds. The number of halogens is 3. The van der Waals surface area contributed by atoms with Crippen molar-refractivity contribution in [1.82, 2.24) is 4.90 Å². The third-order valence-corrected chi connectivity index (χ3v) is 7.80. The highest BCUT2D eigenvalue weighted by atomic mass is 32.2. The van der Waals surface area contributed by atoms with Crippen molar-refractivity contribution in [1.29, 1.82) is 0 Å². The van der Waals surface area contributed by atoms with Gasteiger partial charge in [0.05, 0.1) is 10.5 Å². The molecule has 1 aliphatic carbocycles. The number of anilines is 1. The molecule has 2 atom stereocenters. The molecule has 4 nitrogen and oxygen atoms in total. The number of rotatable bonds is 5. The highest BCUT2D eigenvalue weighted by Gasteiger charge is 2.35. The first-order chi connectivity index (χ1) is 14.7. The van der Waals surface area contributed by atoms with Gasteiger partial charge in [-0.3, -0.25) is 9.62 Å². The number of benzene rings is 2. The molecule has 0 saturated carbocycles. The van der Waals surface area contributed by atoms with Crippen molar-refractivity contribution in [3.05, 3.63) is 59.2 Å². The van der Waals surface area contributed by atoms with Crippen molar-refractivity contribution in [3.63, 3.8) is 0 Å². The minimum absolute atomic E-state index is 0.194. The van der Waals surface area contributed by atoms with Gasteiger partial charge < -0.3 is 0 Å². The summed E-state index contributed by atoms with van der Waals surface area (Å²) in [6, 6.07) is 9.70. The van der Waals surface area contributed by atoms with E-state index in [1.807, 2.05) is 12.1 Å². The van der Waals surface area contributed by atoms with Crippen LogP contribution < -0.4 is 4.72 Å². The van der Waals surface area contributed by atoms with Gasteiger partial charge in [0.1, 0.15) is 0 Å². The van der Waals surface area contributed by atoms with Crippen LogP contribution in [0.3, 0.4) is 0 Å². The minimum Gasteiger partial charge on any atom is -0.300 e. The molecule has 168 valence electrons. The molecule has 2 aliphatic rings. The number of sulfonamides is 1. The molecule has 0 spiro atoms. The van der Waals surface area contributed by atoms with Crippen molar-refractivity contribution in [2.75, 3.05) is 17.8 Å². The normalized spacial score (nSPS) is 21.9. The van der Waals surface area contributed by atoms with Crippen LogP contribution in [-0.4, -0.2) is 32.4 Å². The van der Waals surface area contributed by atoms with E-state index in [-0.39, 0.29) is 4.90 Å². The van der Waals surface area contributed by atoms with Gasteiger partial charge in [0.15, 0.2) is 0 Å². The summed E-state index contributed by atoms with van der Waals surface area (Å²) in [5, 5.41) is 0. The Morgan fingerprint density at radius 3 is 2.48 bits per heavy atom. The lowest BCUT2D eigenvalue weighted by Crippen LogP contribution is -2.49. The summed E-state index contributed by atoms with van der Waals surface area (Å²) in [5.74, 6) is 0.578. The van der Waals surface area contributed by atoms with E-state index in [9.17, 15) is 21.6 Å². The van der Waals surface area contributed by atoms with Gasteiger partial charge in [0.2, 0.25) is 0 Å². The van der Waals surface area contributed by atoms with Crippen molar-refractivity contribution in [2.45, 2.75) is 56.1 Å². The van der Waals surface area contributed by atoms with Gasteiger partial charge in [0, 0.05) is 11.7 Å². The molecule has 31 heavy (non-hydrogen) atoms. The largest absolute Gasteiger partial charge is 0.416 e. The molecule has 8 heteroatoms. The molecular weight excluding hydrogens is 425 g/mol. The Kier molecular flexibility index (Phi) is 6.05. The number of hydrogen-bond donors (Lipinski definition) is 1. The van der Waals surface area contributed by atoms with Crippen LogP contribution >= 0.6 is 0 Å². The van der Waals surface area contributed by atoms with Crippen molar-refractivity contribution in [3.8, 4) is 0 Å². The van der Waals surface area contributed by atoms with E-state index < -0.39 is 21.8 Å². The fourth-order valence-electron chi connectivity index (χ4n) is 4.94. The second-order valence-electron chi connectivity index (χ2n) is 8.52. The number of hydrogen-bond acceptors (Lipinski definition) is 3. The Hall–Kier alpha value is -2.06. The SMILES string of the molecule is CCCN1CCC[C@H]2Cc3cc(NS(=O)(=O)c4ccc(C(F)(F)F)cc4)ccc3C[C@@H]21. The van der Waals surface area contributed by atoms with Gasteiger partial charge in [0.25, 0.3) is 10.0 Å². The van der Waals surface area contributed by atoms with Crippen molar-refractivity contribution in [2.24, 2.45) is 5.92 Å². The molecule has 2 aromatic carbocycles. The van der Waals surface area contributed by atoms with Gasteiger partial charge in [-0.15, -0.1) is 0 Å². The molecule has 1 aliphatic heterocycles. The molecule has 0 aromatic heterocycles. The molecule has 2 aromatic rings. The maximum Gasteiger partial charge on any atom is 0.416 e. The third-order valence-electron chi connectivity index (χ3n) is 6.41. The lowest BCUT2D eigenvalue weighted by Gasteiger charge is -2.44. The fourth-order valence-corrected chi connectivity index (χ4v) is 5.98. The van der Waals surface area contributed by atoms with E-state index in [4.69, 9.17) is 0 Å². The quantitative estimate of drug-likeness (QED) is 0.687. The standard InChI is InChI=1S/C23H27F3N2O2S/c1-2-11-28-12-3-4-17-13-18-14-20(8-5-16(18)15-22(17)28)27-31(29,30)21-9-6-19(7-10-21)23(24,25)26/h5-10,14,17,22,27H,2-4,11-13,15H2,1H3/t17-,22-/m0/s1. The topological polar surface area (TPSA) is 49.4 Å². The summed E-state index contributed by atoms with van der Waals surface area (Å²) in [7, 11) is -3.97. The van der Waals surface area contributed by atoms with Gasteiger partial charge >= 0.3 is 6.18 Å². The molecule has 1 N–H and O–H groups in total. The molecule has 1 fully saturated rings. The third kappa shape index (κ3) is 4.75. The molecular formula is C23H27F3N2O2S. The summed E-state index contributed by atoms with van der Waals surface area (Å²) < 4.78 is 66.1. The molecule has 4 rings (SSSR count). The Morgan fingerprint density at radius 2 is 1.81 bits per heavy atom. The van der Waals surface area contributed by atoms with E-state index in [1.165, 1.54) is 18.4 Å². The van der Waals surface area contributed by atoms with Crippen LogP contribution in [0.15, 0.2) is 47.4 Å². The summed E-state index contributed by atoms with van der Waals surface area (Å²) in [5.41, 5.74) is 1.98. The number of alkyl halides is 3. The monoisotopic (exact) mass is 452 g/mol. The van der Waals surface area contributed by atoms with E-state index in [1.54, 1.807) is 6.07 Å². The van der Waals surface area contributed by atoms with E-state index in [0.29, 0.717) is 17.6 Å².